The second kappa shape index (κ2) is 7.14. The summed E-state index contributed by atoms with van der Waals surface area (Å²) in [6.07, 6.45) is -3.95. The van der Waals surface area contributed by atoms with Gasteiger partial charge in [0.15, 0.2) is 0 Å². The van der Waals surface area contributed by atoms with Crippen molar-refractivity contribution >= 4 is 5.97 Å². The Morgan fingerprint density at radius 2 is 2.00 bits per heavy atom. The second-order valence-corrected chi connectivity index (χ2v) is 3.98. The Bertz CT molecular complexity index is 457. The van der Waals surface area contributed by atoms with Gasteiger partial charge in [-0.25, -0.2) is 4.79 Å². The number of aromatic carboxylic acids is 1. The Kier molecular flexibility index (Phi) is 5.82. The number of carboxylic acid groups (broad SMARTS) is 1. The van der Waals surface area contributed by atoms with E-state index in [2.05, 4.69) is 4.74 Å². The van der Waals surface area contributed by atoms with Crippen LogP contribution in [0.1, 0.15) is 29.3 Å². The van der Waals surface area contributed by atoms with Crippen molar-refractivity contribution in [1.29, 1.82) is 0 Å². The summed E-state index contributed by atoms with van der Waals surface area (Å²) in [6.45, 7) is 1.39. The zero-order valence-electron chi connectivity index (χ0n) is 10.9. The summed E-state index contributed by atoms with van der Waals surface area (Å²) < 4.78 is 44.1. The topological polar surface area (TPSA) is 55.8 Å². The summed E-state index contributed by atoms with van der Waals surface area (Å²) in [5, 5.41) is 8.87. The molecule has 0 aliphatic rings. The molecule has 0 spiro atoms. The molecule has 1 aromatic carbocycles. The smallest absolute Gasteiger partial charge is 0.493 e. The molecular weight excluding hydrogens is 277 g/mol. The quantitative estimate of drug-likeness (QED) is 0.784. The SMILES string of the molecule is CCc1ccc(C(=O)O)cc1OCCCOC(F)(F)F. The standard InChI is InChI=1S/C13H15F3O4/c1-2-9-4-5-10(12(17)18)8-11(9)19-6-3-7-20-13(14,15)16/h4-5,8H,2-3,6-7H2,1H3,(H,17,18). The number of halogens is 3. The van der Waals surface area contributed by atoms with E-state index in [1.165, 1.54) is 12.1 Å². The first-order valence-corrected chi connectivity index (χ1v) is 6.03. The summed E-state index contributed by atoms with van der Waals surface area (Å²) in [6, 6.07) is 4.46. The first-order chi connectivity index (χ1) is 9.33. The van der Waals surface area contributed by atoms with E-state index in [1.807, 2.05) is 6.92 Å². The van der Waals surface area contributed by atoms with Crippen molar-refractivity contribution in [3.05, 3.63) is 29.3 Å². The molecule has 1 aromatic rings. The first-order valence-electron chi connectivity index (χ1n) is 6.03. The molecule has 0 radical (unpaired) electrons. The molecule has 0 atom stereocenters. The summed E-state index contributed by atoms with van der Waals surface area (Å²) in [4.78, 5) is 10.8. The van der Waals surface area contributed by atoms with Crippen LogP contribution in [0.15, 0.2) is 18.2 Å². The van der Waals surface area contributed by atoms with Gasteiger partial charge >= 0.3 is 12.3 Å². The van der Waals surface area contributed by atoms with E-state index in [0.29, 0.717) is 12.2 Å². The largest absolute Gasteiger partial charge is 0.522 e. The third kappa shape index (κ3) is 5.48. The fourth-order valence-corrected chi connectivity index (χ4v) is 1.54. The van der Waals surface area contributed by atoms with Crippen LogP contribution < -0.4 is 4.74 Å². The Morgan fingerprint density at radius 1 is 1.30 bits per heavy atom. The van der Waals surface area contributed by atoms with Gasteiger partial charge in [-0.15, -0.1) is 13.2 Å². The molecule has 0 saturated carbocycles. The number of carbonyl (C=O) groups is 1. The van der Waals surface area contributed by atoms with E-state index < -0.39 is 18.9 Å². The van der Waals surface area contributed by atoms with Crippen molar-refractivity contribution in [2.75, 3.05) is 13.2 Å². The maximum atomic E-state index is 11.7. The molecule has 0 fully saturated rings. The molecule has 4 nitrogen and oxygen atoms in total. The van der Waals surface area contributed by atoms with Gasteiger partial charge in [0.1, 0.15) is 5.75 Å². The highest BCUT2D eigenvalue weighted by Gasteiger charge is 2.28. The predicted octanol–water partition coefficient (Wildman–Crippen LogP) is 3.25. The van der Waals surface area contributed by atoms with Gasteiger partial charge < -0.3 is 9.84 Å². The summed E-state index contributed by atoms with van der Waals surface area (Å²) in [5.74, 6) is -0.711. The number of hydrogen-bond acceptors (Lipinski definition) is 3. The second-order valence-electron chi connectivity index (χ2n) is 3.98. The minimum absolute atomic E-state index is 0.0200. The summed E-state index contributed by atoms with van der Waals surface area (Å²) in [5.41, 5.74) is 0.871. The Labute approximate surface area is 114 Å². The van der Waals surface area contributed by atoms with E-state index in [-0.39, 0.29) is 18.6 Å². The van der Waals surface area contributed by atoms with Gasteiger partial charge in [-0.3, -0.25) is 4.74 Å². The van der Waals surface area contributed by atoms with Gasteiger partial charge in [0.2, 0.25) is 0 Å². The Balaban J connectivity index is 2.53. The number of benzene rings is 1. The van der Waals surface area contributed by atoms with Crippen LogP contribution in [0.4, 0.5) is 13.2 Å². The average molecular weight is 292 g/mol. The van der Waals surface area contributed by atoms with Gasteiger partial charge in [0, 0.05) is 6.42 Å². The van der Waals surface area contributed by atoms with E-state index in [9.17, 15) is 18.0 Å². The number of carboxylic acids is 1. The summed E-state index contributed by atoms with van der Waals surface area (Å²) in [7, 11) is 0. The first kappa shape index (κ1) is 16.3. The molecule has 112 valence electrons. The highest BCUT2D eigenvalue weighted by Crippen LogP contribution is 2.22. The zero-order valence-corrected chi connectivity index (χ0v) is 10.9. The molecule has 0 aromatic heterocycles. The molecule has 7 heteroatoms. The third-order valence-electron chi connectivity index (χ3n) is 2.51. The lowest BCUT2D eigenvalue weighted by molar-refractivity contribution is -0.324. The van der Waals surface area contributed by atoms with Crippen LogP contribution in [-0.2, 0) is 11.2 Å². The van der Waals surface area contributed by atoms with Crippen LogP contribution in [0.5, 0.6) is 5.75 Å². The molecule has 20 heavy (non-hydrogen) atoms. The lowest BCUT2D eigenvalue weighted by atomic mass is 10.1. The Hall–Kier alpha value is -1.76. The highest BCUT2D eigenvalue weighted by molar-refractivity contribution is 5.88. The molecule has 0 bridgehead atoms. The van der Waals surface area contributed by atoms with Crippen molar-refractivity contribution in [2.45, 2.75) is 26.1 Å². The fourth-order valence-electron chi connectivity index (χ4n) is 1.54. The number of aryl methyl sites for hydroxylation is 1. The van der Waals surface area contributed by atoms with Gasteiger partial charge in [0.25, 0.3) is 0 Å². The van der Waals surface area contributed by atoms with E-state index >= 15 is 0 Å². The van der Waals surface area contributed by atoms with Crippen molar-refractivity contribution in [2.24, 2.45) is 0 Å². The normalized spacial score (nSPS) is 11.4. The van der Waals surface area contributed by atoms with E-state index in [0.717, 1.165) is 5.56 Å². The molecule has 1 rings (SSSR count). The van der Waals surface area contributed by atoms with Crippen molar-refractivity contribution in [1.82, 2.24) is 0 Å². The molecule has 0 saturated heterocycles. The number of hydrogen-bond donors (Lipinski definition) is 1. The van der Waals surface area contributed by atoms with Crippen LogP contribution >= 0.6 is 0 Å². The van der Waals surface area contributed by atoms with E-state index in [4.69, 9.17) is 9.84 Å². The number of alkyl halides is 3. The van der Waals surface area contributed by atoms with Crippen LogP contribution in [-0.4, -0.2) is 30.7 Å². The zero-order chi connectivity index (χ0) is 15.2. The van der Waals surface area contributed by atoms with E-state index in [1.54, 1.807) is 6.07 Å². The van der Waals surface area contributed by atoms with Gasteiger partial charge in [-0.2, -0.15) is 0 Å². The van der Waals surface area contributed by atoms with Crippen LogP contribution in [0, 0.1) is 0 Å². The molecular formula is C13H15F3O4. The average Bonchev–Trinajstić information content (AvgIpc) is 2.36. The summed E-state index contributed by atoms with van der Waals surface area (Å²) >= 11 is 0. The van der Waals surface area contributed by atoms with Crippen LogP contribution in [0.2, 0.25) is 0 Å². The third-order valence-corrected chi connectivity index (χ3v) is 2.51. The lowest BCUT2D eigenvalue weighted by Gasteiger charge is -2.12. The van der Waals surface area contributed by atoms with Gasteiger partial charge in [0.05, 0.1) is 18.8 Å². The Morgan fingerprint density at radius 3 is 2.55 bits per heavy atom. The monoisotopic (exact) mass is 292 g/mol. The minimum Gasteiger partial charge on any atom is -0.493 e. The minimum atomic E-state index is -4.64. The van der Waals surface area contributed by atoms with Gasteiger partial charge in [-0.05, 0) is 24.1 Å². The molecule has 0 unspecified atom stereocenters. The maximum Gasteiger partial charge on any atom is 0.522 e. The maximum absolute atomic E-state index is 11.7. The predicted molar refractivity (Wildman–Crippen MR) is 64.9 cm³/mol. The lowest BCUT2D eigenvalue weighted by Crippen LogP contribution is -2.15. The molecule has 0 aliphatic carbocycles. The molecule has 0 aliphatic heterocycles. The molecule has 0 amide bonds. The number of ether oxygens (including phenoxy) is 2. The van der Waals surface area contributed by atoms with Crippen molar-refractivity contribution in [3.8, 4) is 5.75 Å². The molecule has 0 heterocycles. The van der Waals surface area contributed by atoms with Crippen molar-refractivity contribution < 1.29 is 32.5 Å². The van der Waals surface area contributed by atoms with Crippen LogP contribution in [0.25, 0.3) is 0 Å². The molecule has 1 N–H and O–H groups in total. The number of rotatable bonds is 7. The van der Waals surface area contributed by atoms with Gasteiger partial charge in [-0.1, -0.05) is 13.0 Å². The fraction of sp³-hybridized carbons (Fsp3) is 0.462. The van der Waals surface area contributed by atoms with Crippen molar-refractivity contribution in [3.63, 3.8) is 0 Å². The van der Waals surface area contributed by atoms with Crippen LogP contribution in [0.3, 0.4) is 0 Å². The highest BCUT2D eigenvalue weighted by atomic mass is 19.4.